The lowest BCUT2D eigenvalue weighted by Gasteiger charge is -2.20. The molecule has 0 radical (unpaired) electrons. The lowest BCUT2D eigenvalue weighted by Crippen LogP contribution is -2.15. The molecule has 1 aliphatic rings. The SMILES string of the molecule is Cc1ccc(-c2c(C)c3c(c(C)c2CC(=O)O)CN(Cc2ccc(Cl)cc2)C3)cc1. The molecule has 0 amide bonds. The first kappa shape index (κ1) is 20.6. The fourth-order valence-electron chi connectivity index (χ4n) is 4.57. The standard InChI is InChI=1S/C26H26ClNO2/c1-16-4-8-20(9-5-16)26-18(3)24-15-28(13-19-6-10-21(27)11-7-19)14-23(24)17(2)22(26)12-25(29)30/h4-11H,12-15H2,1-3H3,(H,29,30). The number of hydrogen-bond donors (Lipinski definition) is 1. The molecule has 30 heavy (non-hydrogen) atoms. The van der Waals surface area contributed by atoms with Crippen molar-refractivity contribution in [1.29, 1.82) is 0 Å². The lowest BCUT2D eigenvalue weighted by atomic mass is 9.84. The Hall–Kier alpha value is -2.62. The Morgan fingerprint density at radius 1 is 0.933 bits per heavy atom. The first-order valence-electron chi connectivity index (χ1n) is 10.2. The predicted molar refractivity (Wildman–Crippen MR) is 122 cm³/mol. The third-order valence-electron chi connectivity index (χ3n) is 6.15. The number of carbonyl (C=O) groups is 1. The van der Waals surface area contributed by atoms with Crippen molar-refractivity contribution < 1.29 is 9.90 Å². The number of rotatable bonds is 5. The molecule has 0 fully saturated rings. The summed E-state index contributed by atoms with van der Waals surface area (Å²) in [6.45, 7) is 8.85. The van der Waals surface area contributed by atoms with Gasteiger partial charge in [0, 0.05) is 24.7 Å². The molecule has 4 heteroatoms. The van der Waals surface area contributed by atoms with Gasteiger partial charge in [-0.2, -0.15) is 0 Å². The van der Waals surface area contributed by atoms with Gasteiger partial charge in [0.05, 0.1) is 6.42 Å². The number of fused-ring (bicyclic) bond motifs is 1. The van der Waals surface area contributed by atoms with Crippen LogP contribution in [0.3, 0.4) is 0 Å². The van der Waals surface area contributed by atoms with E-state index in [1.54, 1.807) is 0 Å². The first-order chi connectivity index (χ1) is 14.3. The molecule has 0 unspecified atom stereocenters. The van der Waals surface area contributed by atoms with Crippen molar-refractivity contribution in [3.8, 4) is 11.1 Å². The molecule has 0 saturated carbocycles. The summed E-state index contributed by atoms with van der Waals surface area (Å²) in [5.41, 5.74) is 10.5. The second-order valence-electron chi connectivity index (χ2n) is 8.27. The molecular formula is C26H26ClNO2. The maximum Gasteiger partial charge on any atom is 0.307 e. The zero-order chi connectivity index (χ0) is 21.4. The van der Waals surface area contributed by atoms with E-state index in [0.29, 0.717) is 0 Å². The van der Waals surface area contributed by atoms with Crippen molar-refractivity contribution in [2.75, 3.05) is 0 Å². The summed E-state index contributed by atoms with van der Waals surface area (Å²) in [5, 5.41) is 10.3. The van der Waals surface area contributed by atoms with Crippen molar-refractivity contribution in [3.05, 3.63) is 92.5 Å². The Labute approximate surface area is 182 Å². The van der Waals surface area contributed by atoms with E-state index in [4.69, 9.17) is 11.6 Å². The highest BCUT2D eigenvalue weighted by Crippen LogP contribution is 2.40. The van der Waals surface area contributed by atoms with Gasteiger partial charge in [-0.1, -0.05) is 53.6 Å². The van der Waals surface area contributed by atoms with Gasteiger partial charge in [0.1, 0.15) is 0 Å². The van der Waals surface area contributed by atoms with Crippen LogP contribution in [-0.2, 0) is 30.8 Å². The fraction of sp³-hybridized carbons (Fsp3) is 0.269. The molecule has 0 saturated heterocycles. The molecule has 1 aliphatic heterocycles. The molecule has 1 N–H and O–H groups in total. The van der Waals surface area contributed by atoms with E-state index in [1.807, 2.05) is 12.1 Å². The molecule has 154 valence electrons. The summed E-state index contributed by atoms with van der Waals surface area (Å²) in [7, 11) is 0. The number of carboxylic acid groups (broad SMARTS) is 1. The van der Waals surface area contributed by atoms with Gasteiger partial charge in [0.2, 0.25) is 0 Å². The van der Waals surface area contributed by atoms with E-state index in [-0.39, 0.29) is 6.42 Å². The number of benzene rings is 3. The van der Waals surface area contributed by atoms with Crippen LogP contribution in [0.25, 0.3) is 11.1 Å². The van der Waals surface area contributed by atoms with E-state index in [2.05, 4.69) is 62.1 Å². The van der Waals surface area contributed by atoms with Gasteiger partial charge in [-0.3, -0.25) is 9.69 Å². The molecule has 0 aromatic heterocycles. The highest BCUT2D eigenvalue weighted by Gasteiger charge is 2.28. The Balaban J connectivity index is 1.76. The number of nitrogens with zero attached hydrogens (tertiary/aromatic N) is 1. The molecule has 3 aromatic rings. The number of hydrogen-bond acceptors (Lipinski definition) is 2. The highest BCUT2D eigenvalue weighted by atomic mass is 35.5. The average molecular weight is 420 g/mol. The normalized spacial score (nSPS) is 13.5. The molecule has 3 nitrogen and oxygen atoms in total. The molecule has 0 spiro atoms. The maximum absolute atomic E-state index is 11.7. The monoisotopic (exact) mass is 419 g/mol. The predicted octanol–water partition coefficient (Wildman–Crippen LogP) is 6.08. The molecule has 3 aromatic carbocycles. The van der Waals surface area contributed by atoms with Crippen LogP contribution in [0, 0.1) is 20.8 Å². The van der Waals surface area contributed by atoms with Crippen LogP contribution in [0.5, 0.6) is 0 Å². The fourth-order valence-corrected chi connectivity index (χ4v) is 4.70. The largest absolute Gasteiger partial charge is 0.481 e. The lowest BCUT2D eigenvalue weighted by molar-refractivity contribution is -0.136. The van der Waals surface area contributed by atoms with Crippen LogP contribution >= 0.6 is 11.6 Å². The van der Waals surface area contributed by atoms with Gasteiger partial charge in [-0.15, -0.1) is 0 Å². The van der Waals surface area contributed by atoms with Gasteiger partial charge in [-0.25, -0.2) is 0 Å². The van der Waals surface area contributed by atoms with Crippen LogP contribution in [0.4, 0.5) is 0 Å². The number of aryl methyl sites for hydroxylation is 1. The summed E-state index contributed by atoms with van der Waals surface area (Å²) in [6, 6.07) is 16.4. The van der Waals surface area contributed by atoms with E-state index in [1.165, 1.54) is 27.8 Å². The summed E-state index contributed by atoms with van der Waals surface area (Å²) in [4.78, 5) is 14.1. The summed E-state index contributed by atoms with van der Waals surface area (Å²) < 4.78 is 0. The average Bonchev–Trinajstić information content (AvgIpc) is 3.13. The Bertz CT molecular complexity index is 1100. The van der Waals surface area contributed by atoms with E-state index >= 15 is 0 Å². The molecule has 4 rings (SSSR count). The van der Waals surface area contributed by atoms with Crippen molar-refractivity contribution in [2.45, 2.75) is 46.8 Å². The van der Waals surface area contributed by atoms with Crippen LogP contribution in [0.1, 0.15) is 38.9 Å². The molecular weight excluding hydrogens is 394 g/mol. The van der Waals surface area contributed by atoms with Crippen molar-refractivity contribution in [3.63, 3.8) is 0 Å². The molecule has 0 atom stereocenters. The number of halogens is 1. The second-order valence-corrected chi connectivity index (χ2v) is 8.71. The third kappa shape index (κ3) is 4.00. The number of aliphatic carboxylic acids is 1. The highest BCUT2D eigenvalue weighted by molar-refractivity contribution is 6.30. The van der Waals surface area contributed by atoms with Gasteiger partial charge < -0.3 is 5.11 Å². The minimum atomic E-state index is -0.790. The second kappa shape index (κ2) is 8.25. The van der Waals surface area contributed by atoms with Crippen molar-refractivity contribution in [1.82, 2.24) is 4.90 Å². The third-order valence-corrected chi connectivity index (χ3v) is 6.40. The van der Waals surface area contributed by atoms with Gasteiger partial charge >= 0.3 is 5.97 Å². The van der Waals surface area contributed by atoms with Gasteiger partial charge in [0.25, 0.3) is 0 Å². The van der Waals surface area contributed by atoms with Crippen LogP contribution in [0.15, 0.2) is 48.5 Å². The van der Waals surface area contributed by atoms with Gasteiger partial charge in [-0.05, 0) is 77.4 Å². The van der Waals surface area contributed by atoms with Crippen LogP contribution in [0.2, 0.25) is 5.02 Å². The van der Waals surface area contributed by atoms with Crippen LogP contribution in [-0.4, -0.2) is 16.0 Å². The summed E-state index contributed by atoms with van der Waals surface area (Å²) in [6.07, 6.45) is 0.0420. The van der Waals surface area contributed by atoms with Gasteiger partial charge in [0.15, 0.2) is 0 Å². The first-order valence-corrected chi connectivity index (χ1v) is 10.6. The minimum absolute atomic E-state index is 0.0420. The zero-order valence-corrected chi connectivity index (χ0v) is 18.4. The van der Waals surface area contributed by atoms with E-state index in [9.17, 15) is 9.90 Å². The summed E-state index contributed by atoms with van der Waals surface area (Å²) in [5.74, 6) is -0.790. The number of carboxylic acids is 1. The Morgan fingerprint density at radius 3 is 2.13 bits per heavy atom. The van der Waals surface area contributed by atoms with Crippen molar-refractivity contribution >= 4 is 17.6 Å². The van der Waals surface area contributed by atoms with Crippen LogP contribution < -0.4 is 0 Å². The molecule has 0 aliphatic carbocycles. The Morgan fingerprint density at radius 2 is 1.53 bits per heavy atom. The van der Waals surface area contributed by atoms with Crippen molar-refractivity contribution in [2.24, 2.45) is 0 Å². The zero-order valence-electron chi connectivity index (χ0n) is 17.6. The maximum atomic E-state index is 11.7. The van der Waals surface area contributed by atoms with E-state index < -0.39 is 5.97 Å². The quantitative estimate of drug-likeness (QED) is 0.545. The molecule has 0 bridgehead atoms. The topological polar surface area (TPSA) is 40.5 Å². The van der Waals surface area contributed by atoms with E-state index in [0.717, 1.165) is 46.9 Å². The summed E-state index contributed by atoms with van der Waals surface area (Å²) >= 11 is 6.03. The smallest absolute Gasteiger partial charge is 0.307 e. The Kier molecular flexibility index (Phi) is 5.68. The molecule has 1 heterocycles. The minimum Gasteiger partial charge on any atom is -0.481 e.